The molecular weight excluding hydrogens is 328 g/mol. The summed E-state index contributed by atoms with van der Waals surface area (Å²) in [5.74, 6) is 0. The second-order valence-corrected chi connectivity index (χ2v) is 7.34. The molecule has 0 unspecified atom stereocenters. The van der Waals surface area contributed by atoms with Crippen LogP contribution in [0.3, 0.4) is 0 Å². The standard InChI is InChI=1S/C17H18N2O4S/c1-12-6-7-16(13(2)10-12)24(21,22)18-14-4-3-5-15(11-14)19-8-9-23-17(19)20/h3-7,10-11,18H,8-9H2,1-2H3. The largest absolute Gasteiger partial charge is 0.447 e. The number of cyclic esters (lactones) is 1. The lowest BCUT2D eigenvalue weighted by atomic mass is 10.2. The van der Waals surface area contributed by atoms with Crippen LogP contribution in [-0.4, -0.2) is 27.7 Å². The molecule has 2 aromatic rings. The fourth-order valence-corrected chi connectivity index (χ4v) is 3.95. The van der Waals surface area contributed by atoms with E-state index in [9.17, 15) is 13.2 Å². The van der Waals surface area contributed by atoms with Crippen molar-refractivity contribution in [3.63, 3.8) is 0 Å². The molecule has 1 heterocycles. The van der Waals surface area contributed by atoms with E-state index in [0.29, 0.717) is 30.1 Å². The molecule has 6 nitrogen and oxygen atoms in total. The third kappa shape index (κ3) is 3.21. The lowest BCUT2D eigenvalue weighted by molar-refractivity contribution is 0.181. The SMILES string of the molecule is Cc1ccc(S(=O)(=O)Nc2cccc(N3CCOC3=O)c2)c(C)c1. The van der Waals surface area contributed by atoms with Crippen LogP contribution in [0.25, 0.3) is 0 Å². The van der Waals surface area contributed by atoms with Crippen LogP contribution in [0.2, 0.25) is 0 Å². The summed E-state index contributed by atoms with van der Waals surface area (Å²) in [6.07, 6.45) is -0.426. The van der Waals surface area contributed by atoms with E-state index in [1.165, 1.54) is 4.90 Å². The maximum atomic E-state index is 12.6. The number of benzene rings is 2. The predicted molar refractivity (Wildman–Crippen MR) is 91.9 cm³/mol. The first kappa shape index (κ1) is 16.3. The van der Waals surface area contributed by atoms with Crippen LogP contribution in [-0.2, 0) is 14.8 Å². The van der Waals surface area contributed by atoms with Crippen molar-refractivity contribution in [2.75, 3.05) is 22.8 Å². The molecule has 1 N–H and O–H groups in total. The van der Waals surface area contributed by atoms with Gasteiger partial charge in [0.05, 0.1) is 17.1 Å². The zero-order valence-corrected chi connectivity index (χ0v) is 14.3. The number of amides is 1. The molecule has 0 radical (unpaired) electrons. The van der Waals surface area contributed by atoms with Gasteiger partial charge in [-0.2, -0.15) is 0 Å². The minimum Gasteiger partial charge on any atom is -0.447 e. The molecule has 1 amide bonds. The number of ether oxygens (including phenoxy) is 1. The number of sulfonamides is 1. The molecule has 1 aliphatic heterocycles. The lowest BCUT2D eigenvalue weighted by Crippen LogP contribution is -2.23. The van der Waals surface area contributed by atoms with Crippen molar-refractivity contribution in [2.24, 2.45) is 0 Å². The highest BCUT2D eigenvalue weighted by molar-refractivity contribution is 7.92. The number of hydrogen-bond acceptors (Lipinski definition) is 4. The minimum absolute atomic E-state index is 0.235. The summed E-state index contributed by atoms with van der Waals surface area (Å²) in [4.78, 5) is 13.3. The molecular formula is C17H18N2O4S. The normalized spacial score (nSPS) is 14.6. The molecule has 0 bridgehead atoms. The van der Waals surface area contributed by atoms with E-state index < -0.39 is 16.1 Å². The van der Waals surface area contributed by atoms with Gasteiger partial charge in [-0.25, -0.2) is 13.2 Å². The Bertz CT molecular complexity index is 893. The molecule has 0 aromatic heterocycles. The van der Waals surface area contributed by atoms with Crippen LogP contribution >= 0.6 is 0 Å². The van der Waals surface area contributed by atoms with E-state index >= 15 is 0 Å². The van der Waals surface area contributed by atoms with E-state index in [-0.39, 0.29) is 4.90 Å². The van der Waals surface area contributed by atoms with Gasteiger partial charge in [-0.15, -0.1) is 0 Å². The maximum Gasteiger partial charge on any atom is 0.414 e. The average molecular weight is 346 g/mol. The number of anilines is 2. The zero-order chi connectivity index (χ0) is 17.3. The monoisotopic (exact) mass is 346 g/mol. The Morgan fingerprint density at radius 3 is 2.58 bits per heavy atom. The number of nitrogens with one attached hydrogen (secondary N) is 1. The van der Waals surface area contributed by atoms with Gasteiger partial charge < -0.3 is 4.74 Å². The fraction of sp³-hybridized carbons (Fsp3) is 0.235. The molecule has 2 aromatic carbocycles. The van der Waals surface area contributed by atoms with Crippen LogP contribution in [0.1, 0.15) is 11.1 Å². The summed E-state index contributed by atoms with van der Waals surface area (Å²) < 4.78 is 32.7. The zero-order valence-electron chi connectivity index (χ0n) is 13.4. The first-order valence-electron chi connectivity index (χ1n) is 7.51. The van der Waals surface area contributed by atoms with E-state index in [0.717, 1.165) is 5.56 Å². The molecule has 24 heavy (non-hydrogen) atoms. The van der Waals surface area contributed by atoms with Crippen LogP contribution in [0.5, 0.6) is 0 Å². The Balaban J connectivity index is 1.89. The van der Waals surface area contributed by atoms with Crippen molar-refractivity contribution in [1.82, 2.24) is 0 Å². The summed E-state index contributed by atoms with van der Waals surface area (Å²) in [6.45, 7) is 4.46. The molecule has 0 spiro atoms. The Labute approximate surface area is 141 Å². The van der Waals surface area contributed by atoms with Gasteiger partial charge in [0.15, 0.2) is 0 Å². The van der Waals surface area contributed by atoms with Gasteiger partial charge in [0, 0.05) is 5.69 Å². The second kappa shape index (κ2) is 6.16. The number of hydrogen-bond donors (Lipinski definition) is 1. The molecule has 3 rings (SSSR count). The quantitative estimate of drug-likeness (QED) is 0.923. The summed E-state index contributed by atoms with van der Waals surface area (Å²) in [5.41, 5.74) is 2.67. The summed E-state index contributed by atoms with van der Waals surface area (Å²) >= 11 is 0. The number of carbonyl (C=O) groups is 1. The van der Waals surface area contributed by atoms with Crippen molar-refractivity contribution in [1.29, 1.82) is 0 Å². The first-order chi connectivity index (χ1) is 11.4. The minimum atomic E-state index is -3.70. The van der Waals surface area contributed by atoms with Crippen molar-refractivity contribution in [3.8, 4) is 0 Å². The highest BCUT2D eigenvalue weighted by atomic mass is 32.2. The van der Waals surface area contributed by atoms with Crippen LogP contribution in [0, 0.1) is 13.8 Å². The van der Waals surface area contributed by atoms with Crippen molar-refractivity contribution >= 4 is 27.5 Å². The van der Waals surface area contributed by atoms with Gasteiger partial charge in [-0.3, -0.25) is 9.62 Å². The Kier molecular flexibility index (Phi) is 4.19. The molecule has 0 aliphatic carbocycles. The van der Waals surface area contributed by atoms with Gasteiger partial charge in [-0.1, -0.05) is 23.8 Å². The topological polar surface area (TPSA) is 75.7 Å². The molecule has 126 valence electrons. The fourth-order valence-electron chi connectivity index (χ4n) is 2.68. The third-order valence-corrected chi connectivity index (χ3v) is 5.33. The van der Waals surface area contributed by atoms with Gasteiger partial charge in [-0.05, 0) is 43.7 Å². The van der Waals surface area contributed by atoms with Gasteiger partial charge in [0.25, 0.3) is 10.0 Å². The summed E-state index contributed by atoms with van der Waals surface area (Å²) in [5, 5.41) is 0. The van der Waals surface area contributed by atoms with Gasteiger partial charge in [0.2, 0.25) is 0 Å². The molecule has 1 fully saturated rings. The van der Waals surface area contributed by atoms with E-state index in [4.69, 9.17) is 4.74 Å². The molecule has 0 atom stereocenters. The van der Waals surface area contributed by atoms with E-state index in [1.807, 2.05) is 13.0 Å². The molecule has 7 heteroatoms. The molecule has 1 saturated heterocycles. The Morgan fingerprint density at radius 2 is 1.92 bits per heavy atom. The van der Waals surface area contributed by atoms with Crippen molar-refractivity contribution in [3.05, 3.63) is 53.6 Å². The Morgan fingerprint density at radius 1 is 1.12 bits per heavy atom. The number of nitrogens with zero attached hydrogens (tertiary/aromatic N) is 1. The number of aryl methyl sites for hydroxylation is 2. The van der Waals surface area contributed by atoms with Crippen molar-refractivity contribution < 1.29 is 17.9 Å². The lowest BCUT2D eigenvalue weighted by Gasteiger charge is -2.15. The maximum absolute atomic E-state index is 12.6. The second-order valence-electron chi connectivity index (χ2n) is 5.69. The average Bonchev–Trinajstić information content (AvgIpc) is 2.92. The highest BCUT2D eigenvalue weighted by Gasteiger charge is 2.24. The molecule has 1 aliphatic rings. The number of rotatable bonds is 4. The summed E-state index contributed by atoms with van der Waals surface area (Å²) in [7, 11) is -3.70. The highest BCUT2D eigenvalue weighted by Crippen LogP contribution is 2.25. The third-order valence-electron chi connectivity index (χ3n) is 3.79. The first-order valence-corrected chi connectivity index (χ1v) is 8.99. The number of carbonyl (C=O) groups excluding carboxylic acids is 1. The van der Waals surface area contributed by atoms with Crippen LogP contribution in [0.4, 0.5) is 16.2 Å². The van der Waals surface area contributed by atoms with Gasteiger partial charge >= 0.3 is 6.09 Å². The Hall–Kier alpha value is -2.54. The predicted octanol–water partition coefficient (Wildman–Crippen LogP) is 3.06. The van der Waals surface area contributed by atoms with E-state index in [2.05, 4.69) is 4.72 Å². The summed E-state index contributed by atoms with van der Waals surface area (Å²) in [6, 6.07) is 11.9. The van der Waals surface area contributed by atoms with Crippen molar-refractivity contribution in [2.45, 2.75) is 18.7 Å². The van der Waals surface area contributed by atoms with Gasteiger partial charge in [0.1, 0.15) is 6.61 Å². The molecule has 0 saturated carbocycles. The smallest absolute Gasteiger partial charge is 0.414 e. The van der Waals surface area contributed by atoms with E-state index in [1.54, 1.807) is 43.3 Å². The van der Waals surface area contributed by atoms with Crippen LogP contribution < -0.4 is 9.62 Å². The van der Waals surface area contributed by atoms with Crippen LogP contribution in [0.15, 0.2) is 47.4 Å².